The molecule has 7 heteroatoms. The molecule has 2 aromatic heterocycles. The van der Waals surface area contributed by atoms with E-state index in [-0.39, 0.29) is 11.4 Å². The van der Waals surface area contributed by atoms with Crippen LogP contribution in [0.3, 0.4) is 0 Å². The largest absolute Gasteiger partial charge is 0.490 e. The lowest BCUT2D eigenvalue weighted by atomic mass is 10.1. The van der Waals surface area contributed by atoms with Crippen molar-refractivity contribution >= 4 is 16.6 Å². The van der Waals surface area contributed by atoms with Gasteiger partial charge in [0.15, 0.2) is 5.75 Å². The lowest BCUT2D eigenvalue weighted by Crippen LogP contribution is -2.39. The molecule has 0 spiro atoms. The first-order valence-electron chi connectivity index (χ1n) is 6.53. The van der Waals surface area contributed by atoms with Gasteiger partial charge in [0.1, 0.15) is 7.11 Å². The summed E-state index contributed by atoms with van der Waals surface area (Å²) >= 11 is 0. The molecule has 1 aromatic carbocycles. The Morgan fingerprint density at radius 2 is 2.05 bits per heavy atom. The average Bonchev–Trinajstić information content (AvgIpc) is 2.96. The summed E-state index contributed by atoms with van der Waals surface area (Å²) < 4.78 is 6.59. The van der Waals surface area contributed by atoms with Crippen molar-refractivity contribution in [1.82, 2.24) is 4.98 Å². The number of aromatic nitrogens is 2. The van der Waals surface area contributed by atoms with Gasteiger partial charge in [-0.25, -0.2) is 0 Å². The van der Waals surface area contributed by atoms with E-state index in [0.29, 0.717) is 5.56 Å². The molecule has 0 saturated heterocycles. The number of nitrogens with zero attached hydrogens (tertiary/aromatic N) is 2. The zero-order valence-corrected chi connectivity index (χ0v) is 12.1. The van der Waals surface area contributed by atoms with Crippen LogP contribution in [-0.4, -0.2) is 24.1 Å². The van der Waals surface area contributed by atoms with E-state index in [1.807, 2.05) is 18.3 Å². The summed E-state index contributed by atoms with van der Waals surface area (Å²) in [5.41, 5.74) is 2.36. The number of methoxy groups -OCH3 is 1. The molecule has 2 heterocycles. The number of hydrogen-bond donors (Lipinski definition) is 1. The Hall–Kier alpha value is -3.09. The number of nitro benzene ring substituents is 1. The smallest absolute Gasteiger partial charge is 0.311 e. The van der Waals surface area contributed by atoms with Gasteiger partial charge >= 0.3 is 5.69 Å². The Bertz CT molecular complexity index is 857. The number of H-pyrrole nitrogens is 1. The first kappa shape index (κ1) is 13.9. The van der Waals surface area contributed by atoms with Crippen LogP contribution in [0.4, 0.5) is 5.69 Å². The molecule has 22 heavy (non-hydrogen) atoms. The number of rotatable bonds is 4. The van der Waals surface area contributed by atoms with Gasteiger partial charge in [0.05, 0.1) is 22.9 Å². The molecule has 0 bridgehead atoms. The zero-order chi connectivity index (χ0) is 15.7. The number of nitrogens with one attached hydrogen (secondary N) is 1. The van der Waals surface area contributed by atoms with Crippen molar-refractivity contribution in [1.29, 1.82) is 0 Å². The fraction of sp³-hybridized carbons (Fsp3) is 0.133. The summed E-state index contributed by atoms with van der Waals surface area (Å²) in [6.45, 7) is 0. The van der Waals surface area contributed by atoms with Crippen LogP contribution in [0.15, 0.2) is 42.7 Å². The van der Waals surface area contributed by atoms with E-state index in [1.165, 1.54) is 13.2 Å². The Balaban J connectivity index is 2.10. The van der Waals surface area contributed by atoms with Crippen LogP contribution < -0.4 is 14.3 Å². The molecule has 0 aliphatic heterocycles. The van der Waals surface area contributed by atoms with Crippen LogP contribution in [0.2, 0.25) is 0 Å². The molecule has 3 aromatic rings. The van der Waals surface area contributed by atoms with Gasteiger partial charge in [-0.2, -0.15) is 0 Å². The number of aromatic amines is 1. The van der Waals surface area contributed by atoms with Crippen molar-refractivity contribution in [2.24, 2.45) is 0 Å². The fourth-order valence-corrected chi connectivity index (χ4v) is 2.33. The third-order valence-corrected chi connectivity index (χ3v) is 3.43. The quantitative estimate of drug-likeness (QED) is 0.454. The second kappa shape index (κ2) is 5.36. The predicted octanol–water partition coefficient (Wildman–Crippen LogP) is 2.10. The maximum Gasteiger partial charge on any atom is 0.311 e. The normalized spacial score (nSPS) is 10.6. The van der Waals surface area contributed by atoms with E-state index in [2.05, 4.69) is 4.98 Å². The molecule has 0 saturated carbocycles. The molecule has 0 fully saturated rings. The molecule has 112 valence electrons. The first-order chi connectivity index (χ1) is 10.6. The second-order valence-corrected chi connectivity index (χ2v) is 4.68. The maximum atomic E-state index is 11.1. The van der Waals surface area contributed by atoms with Crippen LogP contribution in [-0.2, 0) is 0 Å². The highest BCUT2D eigenvalue weighted by Gasteiger charge is 2.17. The molecule has 7 nitrogen and oxygen atoms in total. The minimum absolute atomic E-state index is 0.0642. The summed E-state index contributed by atoms with van der Waals surface area (Å²) in [5, 5.41) is 12.1. The van der Waals surface area contributed by atoms with Gasteiger partial charge in [-0.3, -0.25) is 15.0 Å². The van der Waals surface area contributed by atoms with Gasteiger partial charge in [-0.1, -0.05) is 0 Å². The number of fused-ring (bicyclic) bond motifs is 1. The molecule has 1 N–H and O–H groups in total. The molecule has 0 amide bonds. The van der Waals surface area contributed by atoms with Crippen molar-refractivity contribution in [3.63, 3.8) is 0 Å². The van der Waals surface area contributed by atoms with Crippen LogP contribution in [0.1, 0.15) is 0 Å². The van der Waals surface area contributed by atoms with Crippen LogP contribution in [0.25, 0.3) is 22.2 Å². The second-order valence-electron chi connectivity index (χ2n) is 4.68. The van der Waals surface area contributed by atoms with Gasteiger partial charge in [-0.05, 0) is 18.2 Å². The first-order valence-corrected chi connectivity index (χ1v) is 6.53. The molecule has 0 aliphatic carbocycles. The highest BCUT2D eigenvalue weighted by molar-refractivity contribution is 5.85. The Morgan fingerprint density at radius 3 is 2.73 bits per heavy atom. The summed E-state index contributed by atoms with van der Waals surface area (Å²) in [6.07, 6.45) is 3.60. The standard InChI is InChI=1S/C15H13N3O4/c1-21-15-4-3-10(8-14(15)18(19)20)13-7-11-9-17(22-2)6-5-12(11)16-13/h3-9H,1-2H3/p+1. The Kier molecular flexibility index (Phi) is 3.38. The lowest BCUT2D eigenvalue weighted by molar-refractivity contribution is -0.884. The monoisotopic (exact) mass is 300 g/mol. The third-order valence-electron chi connectivity index (χ3n) is 3.43. The van der Waals surface area contributed by atoms with E-state index in [0.717, 1.165) is 16.6 Å². The van der Waals surface area contributed by atoms with Gasteiger partial charge < -0.3 is 9.72 Å². The van der Waals surface area contributed by atoms with Crippen molar-refractivity contribution < 1.29 is 19.2 Å². The topological polar surface area (TPSA) is 81.3 Å². The zero-order valence-electron chi connectivity index (χ0n) is 12.1. The molecule has 3 rings (SSSR count). The molecule has 0 unspecified atom stereocenters. The number of pyridine rings is 1. The SMILES string of the molecule is COc1ccc(-c2cc3c[n+](OC)ccc3[nH]2)cc1[N+](=O)[O-]. The van der Waals surface area contributed by atoms with E-state index >= 15 is 0 Å². The van der Waals surface area contributed by atoms with Crippen LogP contribution >= 0.6 is 0 Å². The van der Waals surface area contributed by atoms with Gasteiger partial charge in [0, 0.05) is 28.1 Å². The molecular formula is C15H14N3O4+. The van der Waals surface area contributed by atoms with Gasteiger partial charge in [0.2, 0.25) is 12.4 Å². The van der Waals surface area contributed by atoms with E-state index in [4.69, 9.17) is 9.57 Å². The molecule has 0 aliphatic rings. The molecule has 0 atom stereocenters. The molecule has 0 radical (unpaired) electrons. The van der Waals surface area contributed by atoms with Crippen molar-refractivity contribution in [3.05, 3.63) is 52.8 Å². The van der Waals surface area contributed by atoms with Crippen molar-refractivity contribution in [3.8, 4) is 17.0 Å². The lowest BCUT2D eigenvalue weighted by Gasteiger charge is -2.03. The Morgan fingerprint density at radius 1 is 1.23 bits per heavy atom. The predicted molar refractivity (Wildman–Crippen MR) is 79.6 cm³/mol. The highest BCUT2D eigenvalue weighted by Crippen LogP contribution is 2.32. The summed E-state index contributed by atoms with van der Waals surface area (Å²) in [5.74, 6) is 0.238. The number of hydrogen-bond acceptors (Lipinski definition) is 4. The van der Waals surface area contributed by atoms with Crippen LogP contribution in [0.5, 0.6) is 5.75 Å². The Labute approximate surface area is 125 Å². The van der Waals surface area contributed by atoms with Crippen molar-refractivity contribution in [2.45, 2.75) is 0 Å². The minimum atomic E-state index is -0.454. The van der Waals surface area contributed by atoms with Gasteiger partial charge in [-0.15, -0.1) is 0 Å². The number of benzene rings is 1. The van der Waals surface area contributed by atoms with Crippen molar-refractivity contribution in [2.75, 3.05) is 14.2 Å². The van der Waals surface area contributed by atoms with E-state index in [1.54, 1.807) is 30.2 Å². The van der Waals surface area contributed by atoms with E-state index < -0.39 is 4.92 Å². The number of nitro groups is 1. The van der Waals surface area contributed by atoms with Gasteiger partial charge in [0.25, 0.3) is 0 Å². The maximum absolute atomic E-state index is 11.1. The van der Waals surface area contributed by atoms with E-state index in [9.17, 15) is 10.1 Å². The molecular weight excluding hydrogens is 286 g/mol. The fourth-order valence-electron chi connectivity index (χ4n) is 2.33. The van der Waals surface area contributed by atoms with Crippen LogP contribution in [0, 0.1) is 10.1 Å². The highest BCUT2D eigenvalue weighted by atomic mass is 16.6. The third kappa shape index (κ3) is 2.32. The minimum Gasteiger partial charge on any atom is -0.490 e. The number of ether oxygens (including phenoxy) is 1. The average molecular weight is 300 g/mol. The summed E-state index contributed by atoms with van der Waals surface area (Å²) in [4.78, 5) is 19.0. The summed E-state index contributed by atoms with van der Waals surface area (Å²) in [7, 11) is 2.99. The summed E-state index contributed by atoms with van der Waals surface area (Å²) in [6, 6.07) is 8.65.